The van der Waals surface area contributed by atoms with Gasteiger partial charge in [-0.05, 0) is 42.6 Å². The van der Waals surface area contributed by atoms with Crippen molar-refractivity contribution in [1.82, 2.24) is 5.32 Å². The zero-order valence-electron chi connectivity index (χ0n) is 10.8. The van der Waals surface area contributed by atoms with Crippen molar-refractivity contribution in [2.45, 2.75) is 25.8 Å². The third-order valence-electron chi connectivity index (χ3n) is 3.02. The average molecular weight is 282 g/mol. The van der Waals surface area contributed by atoms with Gasteiger partial charge in [0.1, 0.15) is 5.82 Å². The van der Waals surface area contributed by atoms with E-state index in [-0.39, 0.29) is 16.9 Å². The fourth-order valence-electron chi connectivity index (χ4n) is 2.04. The molecule has 0 saturated carbocycles. The van der Waals surface area contributed by atoms with Crippen LogP contribution in [0.25, 0.3) is 0 Å². The molecule has 2 rings (SSSR count). The molecular formula is C15H17ClFNO. The van der Waals surface area contributed by atoms with Crippen LogP contribution < -0.4 is 5.32 Å². The van der Waals surface area contributed by atoms with Crippen LogP contribution in [0.5, 0.6) is 0 Å². The molecular weight excluding hydrogens is 265 g/mol. The molecule has 4 heteroatoms. The second-order valence-electron chi connectivity index (χ2n) is 4.49. The molecule has 102 valence electrons. The van der Waals surface area contributed by atoms with E-state index in [0.29, 0.717) is 0 Å². The molecule has 0 amide bonds. The van der Waals surface area contributed by atoms with Crippen molar-refractivity contribution in [2.24, 2.45) is 0 Å². The molecule has 0 saturated heterocycles. The van der Waals surface area contributed by atoms with Crippen molar-refractivity contribution in [1.29, 1.82) is 0 Å². The maximum atomic E-state index is 13.6. The highest BCUT2D eigenvalue weighted by Crippen LogP contribution is 2.28. The summed E-state index contributed by atoms with van der Waals surface area (Å²) < 4.78 is 18.6. The zero-order chi connectivity index (χ0) is 13.7. The van der Waals surface area contributed by atoms with Gasteiger partial charge in [0.15, 0.2) is 0 Å². The third-order valence-corrected chi connectivity index (χ3v) is 3.42. The Hall–Kier alpha value is -1.32. The summed E-state index contributed by atoms with van der Waals surface area (Å²) in [7, 11) is 0. The lowest BCUT2D eigenvalue weighted by atomic mass is 10.00. The Morgan fingerprint density at radius 2 is 2.21 bits per heavy atom. The Kier molecular flexibility index (Phi) is 5.00. The van der Waals surface area contributed by atoms with Gasteiger partial charge in [0.2, 0.25) is 0 Å². The molecule has 1 atom stereocenters. The molecule has 1 aromatic carbocycles. The van der Waals surface area contributed by atoms with Crippen LogP contribution >= 0.6 is 11.6 Å². The van der Waals surface area contributed by atoms with Crippen molar-refractivity contribution < 1.29 is 8.81 Å². The average Bonchev–Trinajstić information content (AvgIpc) is 2.91. The van der Waals surface area contributed by atoms with E-state index >= 15 is 0 Å². The van der Waals surface area contributed by atoms with E-state index in [2.05, 4.69) is 12.2 Å². The molecule has 1 heterocycles. The lowest BCUT2D eigenvalue weighted by Crippen LogP contribution is -2.24. The van der Waals surface area contributed by atoms with Gasteiger partial charge in [-0.1, -0.05) is 30.7 Å². The summed E-state index contributed by atoms with van der Waals surface area (Å²) in [6, 6.07) is 6.82. The maximum Gasteiger partial charge on any atom is 0.142 e. The Morgan fingerprint density at radius 3 is 2.89 bits per heavy atom. The molecule has 0 bridgehead atoms. The van der Waals surface area contributed by atoms with Gasteiger partial charge < -0.3 is 9.73 Å². The van der Waals surface area contributed by atoms with E-state index in [1.807, 2.05) is 12.1 Å². The monoisotopic (exact) mass is 281 g/mol. The molecule has 2 aromatic rings. The van der Waals surface area contributed by atoms with E-state index in [1.54, 1.807) is 18.6 Å². The molecule has 0 aliphatic rings. The normalized spacial score (nSPS) is 12.6. The van der Waals surface area contributed by atoms with Gasteiger partial charge in [-0.15, -0.1) is 0 Å². The number of rotatable bonds is 6. The number of nitrogens with one attached hydrogen (secondary N) is 1. The van der Waals surface area contributed by atoms with E-state index in [0.717, 1.165) is 30.5 Å². The van der Waals surface area contributed by atoms with Gasteiger partial charge >= 0.3 is 0 Å². The maximum absolute atomic E-state index is 13.6. The molecule has 1 unspecified atom stereocenters. The Bertz CT molecular complexity index is 513. The van der Waals surface area contributed by atoms with E-state index < -0.39 is 0 Å². The number of benzene rings is 1. The van der Waals surface area contributed by atoms with Crippen molar-refractivity contribution in [3.8, 4) is 0 Å². The summed E-state index contributed by atoms with van der Waals surface area (Å²) in [6.07, 6.45) is 5.07. The summed E-state index contributed by atoms with van der Waals surface area (Å²) >= 11 is 6.07. The number of furan rings is 1. The number of hydrogen-bond acceptors (Lipinski definition) is 2. The van der Waals surface area contributed by atoms with Crippen LogP contribution in [0, 0.1) is 5.82 Å². The summed E-state index contributed by atoms with van der Waals surface area (Å²) in [4.78, 5) is 0. The highest BCUT2D eigenvalue weighted by Gasteiger charge is 2.17. The van der Waals surface area contributed by atoms with Gasteiger partial charge in [-0.3, -0.25) is 0 Å². The Morgan fingerprint density at radius 1 is 1.37 bits per heavy atom. The predicted molar refractivity (Wildman–Crippen MR) is 74.9 cm³/mol. The molecule has 0 aliphatic heterocycles. The first-order valence-corrected chi connectivity index (χ1v) is 6.78. The van der Waals surface area contributed by atoms with Crippen molar-refractivity contribution in [3.63, 3.8) is 0 Å². The molecule has 1 aromatic heterocycles. The molecule has 2 nitrogen and oxygen atoms in total. The van der Waals surface area contributed by atoms with Crippen molar-refractivity contribution in [3.05, 3.63) is 58.8 Å². The first kappa shape index (κ1) is 14.1. The molecule has 0 aliphatic carbocycles. The lowest BCUT2D eigenvalue weighted by Gasteiger charge is -2.19. The van der Waals surface area contributed by atoms with Crippen LogP contribution in [-0.4, -0.2) is 6.54 Å². The SMILES string of the molecule is CCCNC(Cc1ccoc1)c1cccc(F)c1Cl. The van der Waals surface area contributed by atoms with Gasteiger partial charge in [-0.2, -0.15) is 0 Å². The summed E-state index contributed by atoms with van der Waals surface area (Å²) in [5.41, 5.74) is 1.85. The van der Waals surface area contributed by atoms with Gasteiger partial charge in [0, 0.05) is 6.04 Å². The van der Waals surface area contributed by atoms with Crippen LogP contribution in [0.2, 0.25) is 5.02 Å². The molecule has 0 spiro atoms. The second kappa shape index (κ2) is 6.73. The second-order valence-corrected chi connectivity index (χ2v) is 4.86. The highest BCUT2D eigenvalue weighted by molar-refractivity contribution is 6.31. The van der Waals surface area contributed by atoms with Crippen LogP contribution in [0.4, 0.5) is 4.39 Å². The van der Waals surface area contributed by atoms with E-state index in [4.69, 9.17) is 16.0 Å². The first-order chi connectivity index (χ1) is 9.22. The minimum atomic E-state index is -0.380. The first-order valence-electron chi connectivity index (χ1n) is 6.40. The Labute approximate surface area is 117 Å². The fourth-order valence-corrected chi connectivity index (χ4v) is 2.30. The Balaban J connectivity index is 2.23. The molecule has 1 N–H and O–H groups in total. The largest absolute Gasteiger partial charge is 0.472 e. The summed E-state index contributed by atoms with van der Waals surface area (Å²) in [5.74, 6) is -0.380. The zero-order valence-corrected chi connectivity index (χ0v) is 11.6. The summed E-state index contributed by atoms with van der Waals surface area (Å²) in [5, 5.41) is 3.59. The summed E-state index contributed by atoms with van der Waals surface area (Å²) in [6.45, 7) is 2.95. The third kappa shape index (κ3) is 3.58. The quantitative estimate of drug-likeness (QED) is 0.851. The van der Waals surface area contributed by atoms with Crippen LogP contribution in [0.1, 0.15) is 30.5 Å². The lowest BCUT2D eigenvalue weighted by molar-refractivity contribution is 0.517. The van der Waals surface area contributed by atoms with Crippen molar-refractivity contribution >= 4 is 11.6 Å². The van der Waals surface area contributed by atoms with E-state index in [1.165, 1.54) is 6.07 Å². The number of halogens is 2. The van der Waals surface area contributed by atoms with Crippen LogP contribution in [0.15, 0.2) is 41.2 Å². The predicted octanol–water partition coefficient (Wildman–Crippen LogP) is 4.36. The topological polar surface area (TPSA) is 25.2 Å². The van der Waals surface area contributed by atoms with Crippen LogP contribution in [0.3, 0.4) is 0 Å². The smallest absolute Gasteiger partial charge is 0.142 e. The molecule has 0 radical (unpaired) electrons. The molecule has 19 heavy (non-hydrogen) atoms. The minimum absolute atomic E-state index is 0.0132. The number of hydrogen-bond donors (Lipinski definition) is 1. The fraction of sp³-hybridized carbons (Fsp3) is 0.333. The van der Waals surface area contributed by atoms with Gasteiger partial charge in [0.25, 0.3) is 0 Å². The van der Waals surface area contributed by atoms with Crippen molar-refractivity contribution in [2.75, 3.05) is 6.54 Å². The molecule has 0 fully saturated rings. The highest BCUT2D eigenvalue weighted by atomic mass is 35.5. The minimum Gasteiger partial charge on any atom is -0.472 e. The van der Waals surface area contributed by atoms with Gasteiger partial charge in [-0.25, -0.2) is 4.39 Å². The van der Waals surface area contributed by atoms with E-state index in [9.17, 15) is 4.39 Å². The standard InChI is InChI=1S/C15H17ClFNO/c1-2-7-18-14(9-11-6-8-19-10-11)12-4-3-5-13(17)15(12)16/h3-6,8,10,14,18H,2,7,9H2,1H3. The van der Waals surface area contributed by atoms with Crippen LogP contribution in [-0.2, 0) is 6.42 Å². The van der Waals surface area contributed by atoms with Gasteiger partial charge in [0.05, 0.1) is 17.5 Å².